The predicted octanol–water partition coefficient (Wildman–Crippen LogP) is 2.40. The molecule has 3 aromatic rings. The fourth-order valence-corrected chi connectivity index (χ4v) is 2.36. The van der Waals surface area contributed by atoms with E-state index >= 15 is 0 Å². The first-order valence-corrected chi connectivity index (χ1v) is 6.86. The van der Waals surface area contributed by atoms with Crippen molar-refractivity contribution in [2.45, 2.75) is 18.9 Å². The van der Waals surface area contributed by atoms with E-state index in [1.165, 1.54) is 5.56 Å². The predicted molar refractivity (Wildman–Crippen MR) is 79.3 cm³/mol. The van der Waals surface area contributed by atoms with Crippen LogP contribution in [0.15, 0.2) is 49.1 Å². The third kappa shape index (κ3) is 2.87. The molecule has 1 aromatic carbocycles. The lowest BCUT2D eigenvalue weighted by Crippen LogP contribution is -2.00. The van der Waals surface area contributed by atoms with E-state index in [4.69, 9.17) is 4.74 Å². The molecule has 0 fully saturated rings. The van der Waals surface area contributed by atoms with Crippen LogP contribution in [0.25, 0.3) is 5.52 Å². The molecule has 0 bridgehead atoms. The Balaban J connectivity index is 1.69. The molecular formula is C16H17N3O2. The molecule has 0 aliphatic heterocycles. The quantitative estimate of drug-likeness (QED) is 0.781. The molecule has 3 rings (SSSR count). The van der Waals surface area contributed by atoms with Crippen LogP contribution >= 0.6 is 0 Å². The van der Waals surface area contributed by atoms with Gasteiger partial charge in [0.05, 0.1) is 31.1 Å². The number of benzene rings is 1. The summed E-state index contributed by atoms with van der Waals surface area (Å²) in [5.74, 6) is 0.841. The Morgan fingerprint density at radius 3 is 2.81 bits per heavy atom. The lowest BCUT2D eigenvalue weighted by atomic mass is 10.0. The number of aliphatic hydroxyl groups excluding tert-OH is 1. The highest BCUT2D eigenvalue weighted by Crippen LogP contribution is 2.23. The van der Waals surface area contributed by atoms with Crippen LogP contribution in [0.1, 0.15) is 23.7 Å². The zero-order chi connectivity index (χ0) is 14.7. The monoisotopic (exact) mass is 283 g/mol. The van der Waals surface area contributed by atoms with Crippen molar-refractivity contribution in [2.24, 2.45) is 0 Å². The van der Waals surface area contributed by atoms with Crippen LogP contribution in [-0.4, -0.2) is 26.8 Å². The number of ether oxygens (including phenoxy) is 1. The molecule has 0 saturated carbocycles. The van der Waals surface area contributed by atoms with Crippen molar-refractivity contribution in [2.75, 3.05) is 7.11 Å². The summed E-state index contributed by atoms with van der Waals surface area (Å²) in [6, 6.07) is 7.90. The molecule has 21 heavy (non-hydrogen) atoms. The van der Waals surface area contributed by atoms with E-state index in [2.05, 4.69) is 10.1 Å². The number of aliphatic hydroxyl groups is 1. The van der Waals surface area contributed by atoms with Crippen LogP contribution in [0.2, 0.25) is 0 Å². The van der Waals surface area contributed by atoms with Crippen molar-refractivity contribution < 1.29 is 9.84 Å². The molecule has 5 heteroatoms. The van der Waals surface area contributed by atoms with Gasteiger partial charge in [0.2, 0.25) is 0 Å². The zero-order valence-electron chi connectivity index (χ0n) is 11.8. The first-order chi connectivity index (χ1) is 10.3. The molecule has 5 nitrogen and oxygen atoms in total. The number of nitrogens with zero attached hydrogens (tertiary/aromatic N) is 3. The van der Waals surface area contributed by atoms with E-state index < -0.39 is 6.10 Å². The fourth-order valence-electron chi connectivity index (χ4n) is 2.36. The van der Waals surface area contributed by atoms with Gasteiger partial charge in [-0.05, 0) is 30.5 Å². The molecule has 108 valence electrons. The Bertz CT molecular complexity index is 722. The lowest BCUT2D eigenvalue weighted by Gasteiger charge is -2.09. The van der Waals surface area contributed by atoms with Crippen molar-refractivity contribution in [1.82, 2.24) is 14.6 Å². The highest BCUT2D eigenvalue weighted by molar-refractivity contribution is 5.52. The van der Waals surface area contributed by atoms with Crippen LogP contribution in [0.5, 0.6) is 5.75 Å². The second-order valence-electron chi connectivity index (χ2n) is 4.91. The first kappa shape index (κ1) is 13.6. The Morgan fingerprint density at radius 1 is 1.24 bits per heavy atom. The second kappa shape index (κ2) is 5.93. The van der Waals surface area contributed by atoms with E-state index in [9.17, 15) is 5.11 Å². The number of rotatable bonds is 5. The largest absolute Gasteiger partial charge is 0.497 e. The van der Waals surface area contributed by atoms with Gasteiger partial charge in [-0.15, -0.1) is 0 Å². The van der Waals surface area contributed by atoms with Crippen molar-refractivity contribution in [3.63, 3.8) is 0 Å². The van der Waals surface area contributed by atoms with E-state index in [0.29, 0.717) is 6.42 Å². The number of hydrogen-bond donors (Lipinski definition) is 1. The molecule has 1 unspecified atom stereocenters. The van der Waals surface area contributed by atoms with E-state index in [1.54, 1.807) is 36.4 Å². The molecule has 2 heterocycles. The van der Waals surface area contributed by atoms with E-state index in [1.807, 2.05) is 24.3 Å². The number of methoxy groups -OCH3 is 1. The van der Waals surface area contributed by atoms with Gasteiger partial charge in [0.1, 0.15) is 5.75 Å². The van der Waals surface area contributed by atoms with Gasteiger partial charge in [0, 0.05) is 18.0 Å². The lowest BCUT2D eigenvalue weighted by molar-refractivity contribution is 0.169. The van der Waals surface area contributed by atoms with Gasteiger partial charge in [0.25, 0.3) is 0 Å². The van der Waals surface area contributed by atoms with Gasteiger partial charge in [-0.1, -0.05) is 12.1 Å². The summed E-state index contributed by atoms with van der Waals surface area (Å²) >= 11 is 0. The van der Waals surface area contributed by atoms with Crippen LogP contribution in [-0.2, 0) is 6.42 Å². The van der Waals surface area contributed by atoms with E-state index in [0.717, 1.165) is 23.3 Å². The topological polar surface area (TPSA) is 59.7 Å². The summed E-state index contributed by atoms with van der Waals surface area (Å²) in [4.78, 5) is 4.08. The molecule has 2 aromatic heterocycles. The second-order valence-corrected chi connectivity index (χ2v) is 4.91. The van der Waals surface area contributed by atoms with Crippen molar-refractivity contribution in [1.29, 1.82) is 0 Å². The van der Waals surface area contributed by atoms with Gasteiger partial charge < -0.3 is 9.84 Å². The number of hydrogen-bond acceptors (Lipinski definition) is 4. The highest BCUT2D eigenvalue weighted by atomic mass is 16.5. The average Bonchev–Trinajstić information content (AvgIpc) is 2.97. The van der Waals surface area contributed by atoms with Gasteiger partial charge in [-0.2, -0.15) is 5.10 Å². The SMILES string of the molecule is COc1ccc(CCC(O)c2cnn3ccncc23)cc1. The van der Waals surface area contributed by atoms with Crippen molar-refractivity contribution in [3.05, 3.63) is 60.2 Å². The summed E-state index contributed by atoms with van der Waals surface area (Å²) in [6.07, 6.45) is 7.76. The third-order valence-corrected chi connectivity index (χ3v) is 3.58. The van der Waals surface area contributed by atoms with Crippen molar-refractivity contribution >= 4 is 5.52 Å². The Hall–Kier alpha value is -2.40. The van der Waals surface area contributed by atoms with E-state index in [-0.39, 0.29) is 0 Å². The molecule has 0 aliphatic carbocycles. The Morgan fingerprint density at radius 2 is 2.05 bits per heavy atom. The summed E-state index contributed by atoms with van der Waals surface area (Å²) in [7, 11) is 1.65. The summed E-state index contributed by atoms with van der Waals surface area (Å²) in [5.41, 5.74) is 2.83. The maximum atomic E-state index is 10.4. The third-order valence-electron chi connectivity index (χ3n) is 3.58. The minimum atomic E-state index is -0.547. The normalized spacial score (nSPS) is 12.5. The summed E-state index contributed by atoms with van der Waals surface area (Å²) in [5, 5.41) is 14.6. The first-order valence-electron chi connectivity index (χ1n) is 6.86. The highest BCUT2D eigenvalue weighted by Gasteiger charge is 2.13. The molecule has 1 atom stereocenters. The smallest absolute Gasteiger partial charge is 0.118 e. The molecule has 1 N–H and O–H groups in total. The van der Waals surface area contributed by atoms with Crippen LogP contribution < -0.4 is 4.74 Å². The molecular weight excluding hydrogens is 266 g/mol. The fraction of sp³-hybridized carbons (Fsp3) is 0.250. The summed E-state index contributed by atoms with van der Waals surface area (Å²) in [6.45, 7) is 0. The molecule has 0 radical (unpaired) electrons. The molecule has 0 aliphatic rings. The summed E-state index contributed by atoms with van der Waals surface area (Å²) < 4.78 is 6.86. The van der Waals surface area contributed by atoms with Crippen LogP contribution in [0.4, 0.5) is 0 Å². The van der Waals surface area contributed by atoms with Crippen molar-refractivity contribution in [3.8, 4) is 5.75 Å². The molecule has 0 spiro atoms. The zero-order valence-corrected chi connectivity index (χ0v) is 11.8. The Kier molecular flexibility index (Phi) is 3.83. The number of fused-ring (bicyclic) bond motifs is 1. The maximum Gasteiger partial charge on any atom is 0.118 e. The van der Waals surface area contributed by atoms with Crippen LogP contribution in [0.3, 0.4) is 0 Å². The molecule has 0 amide bonds. The number of aryl methyl sites for hydroxylation is 1. The van der Waals surface area contributed by atoms with Gasteiger partial charge in [-0.25, -0.2) is 4.52 Å². The minimum Gasteiger partial charge on any atom is -0.497 e. The van der Waals surface area contributed by atoms with Crippen LogP contribution in [0, 0.1) is 0 Å². The standard InChI is InChI=1S/C16H17N3O2/c1-21-13-5-2-12(3-6-13)4-7-16(20)14-10-18-19-9-8-17-11-15(14)19/h2-3,5-6,8-11,16,20H,4,7H2,1H3. The minimum absolute atomic E-state index is 0.547. The number of aromatic nitrogens is 3. The van der Waals surface area contributed by atoms with Gasteiger partial charge in [-0.3, -0.25) is 4.98 Å². The molecule has 0 saturated heterocycles. The average molecular weight is 283 g/mol. The maximum absolute atomic E-state index is 10.4. The Labute approximate surface area is 122 Å². The van der Waals surface area contributed by atoms with Gasteiger partial charge in [0.15, 0.2) is 0 Å². The van der Waals surface area contributed by atoms with Gasteiger partial charge >= 0.3 is 0 Å².